The van der Waals surface area contributed by atoms with E-state index in [1.54, 1.807) is 11.8 Å². The molecule has 3 heteroatoms. The number of carbonyl (C=O) groups excluding carboxylic acids is 1. The highest BCUT2D eigenvalue weighted by atomic mass is 32.2. The first kappa shape index (κ1) is 13.5. The molecule has 0 saturated carbocycles. The van der Waals surface area contributed by atoms with Crippen molar-refractivity contribution >= 4 is 17.7 Å². The van der Waals surface area contributed by atoms with E-state index in [0.717, 1.165) is 6.54 Å². The van der Waals surface area contributed by atoms with Gasteiger partial charge in [0.1, 0.15) is 0 Å². The van der Waals surface area contributed by atoms with E-state index in [4.69, 9.17) is 0 Å². The summed E-state index contributed by atoms with van der Waals surface area (Å²) in [5.74, 6) is 1.84. The predicted molar refractivity (Wildman–Crippen MR) is 77.7 cm³/mol. The standard InChI is InChI=1S/C15H21NOS/c1-11(2)9-16-14(17)10-18-15(16)12(3)13-7-5-4-6-8-13/h4-8,11-12,15H,9-10H2,1-3H3. The summed E-state index contributed by atoms with van der Waals surface area (Å²) in [7, 11) is 0. The van der Waals surface area contributed by atoms with Crippen LogP contribution in [0.4, 0.5) is 0 Å². The third-order valence-electron chi connectivity index (χ3n) is 3.32. The van der Waals surface area contributed by atoms with Crippen LogP contribution in [0.25, 0.3) is 0 Å². The molecule has 2 rings (SSSR count). The van der Waals surface area contributed by atoms with E-state index < -0.39 is 0 Å². The molecule has 1 aliphatic heterocycles. The van der Waals surface area contributed by atoms with Crippen molar-refractivity contribution in [2.24, 2.45) is 5.92 Å². The maximum absolute atomic E-state index is 12.0. The van der Waals surface area contributed by atoms with Gasteiger partial charge in [0, 0.05) is 12.5 Å². The maximum atomic E-state index is 12.0. The smallest absolute Gasteiger partial charge is 0.233 e. The highest BCUT2D eigenvalue weighted by Gasteiger charge is 2.35. The zero-order valence-electron chi connectivity index (χ0n) is 11.3. The minimum atomic E-state index is 0.293. The normalized spacial score (nSPS) is 21.7. The lowest BCUT2D eigenvalue weighted by Gasteiger charge is -2.30. The molecule has 0 aliphatic carbocycles. The van der Waals surface area contributed by atoms with Gasteiger partial charge in [0.15, 0.2) is 0 Å². The van der Waals surface area contributed by atoms with Crippen LogP contribution in [0.2, 0.25) is 0 Å². The van der Waals surface area contributed by atoms with Gasteiger partial charge in [0.2, 0.25) is 5.91 Å². The first-order valence-electron chi connectivity index (χ1n) is 6.55. The van der Waals surface area contributed by atoms with Gasteiger partial charge in [-0.15, -0.1) is 11.8 Å². The number of thioether (sulfide) groups is 1. The highest BCUT2D eigenvalue weighted by molar-refractivity contribution is 8.01. The molecule has 1 heterocycles. The molecule has 2 nitrogen and oxygen atoms in total. The van der Waals surface area contributed by atoms with Gasteiger partial charge < -0.3 is 4.90 Å². The second kappa shape index (κ2) is 5.79. The molecule has 1 saturated heterocycles. The van der Waals surface area contributed by atoms with Crippen LogP contribution < -0.4 is 0 Å². The SMILES string of the molecule is CC(C)CN1C(=O)CSC1C(C)c1ccccc1. The van der Waals surface area contributed by atoms with Crippen LogP contribution in [-0.2, 0) is 4.79 Å². The summed E-state index contributed by atoms with van der Waals surface area (Å²) in [6.45, 7) is 7.42. The third-order valence-corrected chi connectivity index (χ3v) is 4.74. The zero-order valence-corrected chi connectivity index (χ0v) is 12.1. The first-order valence-corrected chi connectivity index (χ1v) is 7.60. The molecule has 0 radical (unpaired) electrons. The molecule has 98 valence electrons. The fourth-order valence-corrected chi connectivity index (χ4v) is 3.71. The number of hydrogen-bond acceptors (Lipinski definition) is 2. The fourth-order valence-electron chi connectivity index (χ4n) is 2.41. The van der Waals surface area contributed by atoms with Crippen molar-refractivity contribution in [3.63, 3.8) is 0 Å². The van der Waals surface area contributed by atoms with E-state index in [0.29, 0.717) is 28.9 Å². The number of amides is 1. The molecular formula is C15H21NOS. The Morgan fingerprint density at radius 1 is 1.28 bits per heavy atom. The number of hydrogen-bond donors (Lipinski definition) is 0. The molecule has 0 N–H and O–H groups in total. The van der Waals surface area contributed by atoms with E-state index in [1.165, 1.54) is 5.56 Å². The van der Waals surface area contributed by atoms with Crippen LogP contribution in [0.1, 0.15) is 32.3 Å². The molecule has 1 aromatic rings. The Balaban J connectivity index is 2.14. The van der Waals surface area contributed by atoms with Crippen LogP contribution in [0.5, 0.6) is 0 Å². The summed E-state index contributed by atoms with van der Waals surface area (Å²) in [6, 6.07) is 10.5. The van der Waals surface area contributed by atoms with Crippen molar-refractivity contribution in [1.29, 1.82) is 0 Å². The van der Waals surface area contributed by atoms with Crippen molar-refractivity contribution < 1.29 is 4.79 Å². The fraction of sp³-hybridized carbons (Fsp3) is 0.533. The Hall–Kier alpha value is -0.960. The summed E-state index contributed by atoms with van der Waals surface area (Å²) in [4.78, 5) is 14.0. The molecule has 0 bridgehead atoms. The van der Waals surface area contributed by atoms with Crippen LogP contribution in [0.3, 0.4) is 0 Å². The van der Waals surface area contributed by atoms with Gasteiger partial charge in [0.25, 0.3) is 0 Å². The van der Waals surface area contributed by atoms with Crippen LogP contribution in [0, 0.1) is 5.92 Å². The molecule has 1 fully saturated rings. The minimum Gasteiger partial charge on any atom is -0.329 e. The van der Waals surface area contributed by atoms with Crippen molar-refractivity contribution in [2.75, 3.05) is 12.3 Å². The van der Waals surface area contributed by atoms with Crippen LogP contribution >= 0.6 is 11.8 Å². The van der Waals surface area contributed by atoms with E-state index in [9.17, 15) is 4.79 Å². The number of nitrogens with zero attached hydrogens (tertiary/aromatic N) is 1. The molecule has 2 unspecified atom stereocenters. The van der Waals surface area contributed by atoms with Gasteiger partial charge in [-0.2, -0.15) is 0 Å². The van der Waals surface area contributed by atoms with Crippen molar-refractivity contribution in [2.45, 2.75) is 32.1 Å². The molecule has 18 heavy (non-hydrogen) atoms. The van der Waals surface area contributed by atoms with E-state index >= 15 is 0 Å². The van der Waals surface area contributed by atoms with Crippen molar-refractivity contribution in [3.8, 4) is 0 Å². The molecule has 1 amide bonds. The molecule has 1 aliphatic rings. The zero-order chi connectivity index (χ0) is 13.1. The summed E-state index contributed by atoms with van der Waals surface area (Å²) >= 11 is 1.78. The van der Waals surface area contributed by atoms with Gasteiger partial charge in [-0.1, -0.05) is 51.1 Å². The first-order chi connectivity index (χ1) is 8.59. The molecule has 2 atom stereocenters. The Morgan fingerprint density at radius 3 is 2.56 bits per heavy atom. The van der Waals surface area contributed by atoms with Gasteiger partial charge in [0.05, 0.1) is 11.1 Å². The number of carbonyl (C=O) groups is 1. The van der Waals surface area contributed by atoms with Crippen molar-refractivity contribution in [1.82, 2.24) is 4.90 Å². The summed E-state index contributed by atoms with van der Waals surface area (Å²) in [5, 5.41) is 0.294. The quantitative estimate of drug-likeness (QED) is 0.830. The largest absolute Gasteiger partial charge is 0.329 e. The van der Waals surface area contributed by atoms with Gasteiger partial charge in [-0.25, -0.2) is 0 Å². The topological polar surface area (TPSA) is 20.3 Å². The Morgan fingerprint density at radius 2 is 1.94 bits per heavy atom. The lowest BCUT2D eigenvalue weighted by Crippen LogP contribution is -2.38. The van der Waals surface area contributed by atoms with Gasteiger partial charge in [-0.3, -0.25) is 4.79 Å². The monoisotopic (exact) mass is 263 g/mol. The maximum Gasteiger partial charge on any atom is 0.233 e. The highest BCUT2D eigenvalue weighted by Crippen LogP contribution is 2.36. The second-order valence-corrected chi connectivity index (χ2v) is 6.45. The lowest BCUT2D eigenvalue weighted by atomic mass is 10.00. The van der Waals surface area contributed by atoms with Gasteiger partial charge >= 0.3 is 0 Å². The lowest BCUT2D eigenvalue weighted by molar-refractivity contribution is -0.128. The second-order valence-electron chi connectivity index (χ2n) is 5.34. The van der Waals surface area contributed by atoms with Gasteiger partial charge in [-0.05, 0) is 11.5 Å². The van der Waals surface area contributed by atoms with E-state index in [1.807, 2.05) is 6.07 Å². The average Bonchev–Trinajstić information content (AvgIpc) is 2.71. The van der Waals surface area contributed by atoms with Crippen LogP contribution in [-0.4, -0.2) is 28.5 Å². The average molecular weight is 263 g/mol. The molecule has 1 aromatic carbocycles. The summed E-state index contributed by atoms with van der Waals surface area (Å²) < 4.78 is 0. The number of benzene rings is 1. The van der Waals surface area contributed by atoms with Crippen LogP contribution in [0.15, 0.2) is 30.3 Å². The van der Waals surface area contributed by atoms with E-state index in [2.05, 4.69) is 49.9 Å². The molecule has 0 aromatic heterocycles. The number of rotatable bonds is 4. The molecular weight excluding hydrogens is 242 g/mol. The third kappa shape index (κ3) is 2.89. The van der Waals surface area contributed by atoms with E-state index in [-0.39, 0.29) is 0 Å². The minimum absolute atomic E-state index is 0.293. The Kier molecular flexibility index (Phi) is 4.33. The Bertz CT molecular complexity index is 404. The Labute approximate surface area is 114 Å². The van der Waals surface area contributed by atoms with Crippen molar-refractivity contribution in [3.05, 3.63) is 35.9 Å². The summed E-state index contributed by atoms with van der Waals surface area (Å²) in [5.41, 5.74) is 1.32. The molecule has 0 spiro atoms. The predicted octanol–water partition coefficient (Wildman–Crippen LogP) is 3.35. The summed E-state index contributed by atoms with van der Waals surface area (Å²) in [6.07, 6.45) is 0.